The van der Waals surface area contributed by atoms with Gasteiger partial charge in [-0.15, -0.1) is 0 Å². The molecule has 0 saturated heterocycles. The third kappa shape index (κ3) is 61.8. The topological polar surface area (TPSA) is 95.9 Å². The Labute approximate surface area is 476 Å². The average Bonchev–Trinajstić information content (AvgIpc) is 3.42. The van der Waals surface area contributed by atoms with Crippen LogP contribution in [0.15, 0.2) is 12.2 Å². The third-order valence-electron chi connectivity index (χ3n) is 16.6. The molecule has 6 heteroatoms. The second-order valence-electron chi connectivity index (χ2n) is 24.2. The molecule has 3 N–H and O–H groups in total. The zero-order valence-corrected chi connectivity index (χ0v) is 51.8. The highest BCUT2D eigenvalue weighted by Crippen LogP contribution is 2.19. The molecule has 0 spiro atoms. The van der Waals surface area contributed by atoms with Gasteiger partial charge in [0.1, 0.15) is 0 Å². The Morgan fingerprint density at radius 3 is 0.974 bits per heavy atom. The molecular weight excluding hydrogens is 935 g/mol. The number of nitrogens with one attached hydrogen (secondary N) is 1. The van der Waals surface area contributed by atoms with Gasteiger partial charge in [0.05, 0.1) is 25.4 Å². The van der Waals surface area contributed by atoms with Crippen LogP contribution in [0.2, 0.25) is 0 Å². The highest BCUT2D eigenvalue weighted by Gasteiger charge is 2.20. The second-order valence-corrected chi connectivity index (χ2v) is 24.2. The third-order valence-corrected chi connectivity index (χ3v) is 16.6. The Balaban J connectivity index is 3.34. The van der Waals surface area contributed by atoms with Gasteiger partial charge in [0.25, 0.3) is 0 Å². The lowest BCUT2D eigenvalue weighted by Crippen LogP contribution is -2.45. The normalized spacial score (nSPS) is 12.5. The van der Waals surface area contributed by atoms with E-state index in [4.69, 9.17) is 4.74 Å². The molecule has 0 heterocycles. The van der Waals surface area contributed by atoms with E-state index in [9.17, 15) is 19.8 Å². The SMILES string of the molecule is CCCC/C=C\CCCCCCCC(=O)OCCCCCCCCCCCCCCCCCCCCCCCCCCCCCCCC(=O)NC(CO)C(O)CCCCCCCCCCCCCCCCCCCCC. The zero-order chi connectivity index (χ0) is 55.0. The highest BCUT2D eigenvalue weighted by atomic mass is 16.5. The number of allylic oxidation sites excluding steroid dienone is 2. The summed E-state index contributed by atoms with van der Waals surface area (Å²) in [6, 6.07) is -0.538. The zero-order valence-electron chi connectivity index (χ0n) is 51.8. The van der Waals surface area contributed by atoms with E-state index in [0.717, 1.165) is 44.9 Å². The molecule has 1 amide bonds. The molecule has 0 saturated carbocycles. The van der Waals surface area contributed by atoms with Gasteiger partial charge in [-0.3, -0.25) is 9.59 Å². The van der Waals surface area contributed by atoms with Crippen molar-refractivity contribution in [3.8, 4) is 0 Å². The fourth-order valence-electron chi connectivity index (χ4n) is 11.2. The Kier molecular flexibility index (Phi) is 64.9. The first kappa shape index (κ1) is 74.6. The standard InChI is InChI=1S/C70H137NO5/c1-3-5-7-9-11-13-15-16-17-18-30-33-36-39-43-46-50-54-58-62-68(73)67(66-72)71-69(74)63-59-55-51-47-44-40-37-34-31-28-26-24-22-20-19-21-23-25-27-29-32-35-38-41-45-49-53-57-61-65-76-70(75)64-60-56-52-48-42-14-12-10-8-6-4-2/h10,12,67-68,72-73H,3-9,11,13-66H2,1-2H3,(H,71,74)/b12-10-. The number of ether oxygens (including phenoxy) is 1. The summed E-state index contributed by atoms with van der Waals surface area (Å²) in [6.45, 7) is 4.96. The molecule has 0 fully saturated rings. The fourth-order valence-corrected chi connectivity index (χ4v) is 11.2. The minimum atomic E-state index is -0.662. The van der Waals surface area contributed by atoms with Crippen molar-refractivity contribution in [2.75, 3.05) is 13.2 Å². The van der Waals surface area contributed by atoms with E-state index < -0.39 is 12.1 Å². The van der Waals surface area contributed by atoms with Gasteiger partial charge >= 0.3 is 5.97 Å². The van der Waals surface area contributed by atoms with Crippen LogP contribution in [0.4, 0.5) is 0 Å². The number of unbranched alkanes of at least 4 members (excludes halogenated alkanes) is 53. The lowest BCUT2D eigenvalue weighted by molar-refractivity contribution is -0.143. The van der Waals surface area contributed by atoms with Crippen LogP contribution >= 0.6 is 0 Å². The number of hydrogen-bond donors (Lipinski definition) is 3. The van der Waals surface area contributed by atoms with E-state index in [0.29, 0.717) is 25.9 Å². The summed E-state index contributed by atoms with van der Waals surface area (Å²) in [5.74, 6) is -0.0178. The van der Waals surface area contributed by atoms with Crippen LogP contribution in [0.25, 0.3) is 0 Å². The van der Waals surface area contributed by atoms with Crippen molar-refractivity contribution < 1.29 is 24.5 Å². The van der Waals surface area contributed by atoms with Gasteiger partial charge in [-0.2, -0.15) is 0 Å². The van der Waals surface area contributed by atoms with Gasteiger partial charge in [0.15, 0.2) is 0 Å². The molecule has 0 aliphatic carbocycles. The first-order valence-electron chi connectivity index (χ1n) is 34.9. The van der Waals surface area contributed by atoms with Crippen molar-refractivity contribution in [1.29, 1.82) is 0 Å². The van der Waals surface area contributed by atoms with Crippen molar-refractivity contribution in [3.63, 3.8) is 0 Å². The molecule has 2 atom stereocenters. The molecule has 452 valence electrons. The monoisotopic (exact) mass is 1070 g/mol. The van der Waals surface area contributed by atoms with Crippen LogP contribution in [0, 0.1) is 0 Å². The molecule has 0 aliphatic heterocycles. The number of carbonyl (C=O) groups excluding carboxylic acids is 2. The molecule has 76 heavy (non-hydrogen) atoms. The molecule has 6 nitrogen and oxygen atoms in total. The van der Waals surface area contributed by atoms with Gasteiger partial charge in [-0.05, 0) is 44.9 Å². The molecule has 0 radical (unpaired) electrons. The van der Waals surface area contributed by atoms with Crippen LogP contribution in [0.5, 0.6) is 0 Å². The molecule has 0 bridgehead atoms. The number of aliphatic hydroxyl groups is 2. The van der Waals surface area contributed by atoms with E-state index in [2.05, 4.69) is 31.3 Å². The number of carbonyl (C=O) groups is 2. The predicted octanol–water partition coefficient (Wildman–Crippen LogP) is 22.4. The largest absolute Gasteiger partial charge is 0.466 e. The van der Waals surface area contributed by atoms with Crippen LogP contribution in [0.3, 0.4) is 0 Å². The summed E-state index contributed by atoms with van der Waals surface area (Å²) in [7, 11) is 0. The molecule has 0 rings (SSSR count). The van der Waals surface area contributed by atoms with Crippen LogP contribution in [-0.4, -0.2) is 47.4 Å². The van der Waals surface area contributed by atoms with Gasteiger partial charge in [-0.25, -0.2) is 0 Å². The van der Waals surface area contributed by atoms with Gasteiger partial charge in [0, 0.05) is 12.8 Å². The summed E-state index contributed by atoms with van der Waals surface area (Å²) in [5.41, 5.74) is 0. The Morgan fingerprint density at radius 1 is 0.355 bits per heavy atom. The number of aliphatic hydroxyl groups excluding tert-OH is 2. The summed E-state index contributed by atoms with van der Waals surface area (Å²) in [5, 5.41) is 23.4. The predicted molar refractivity (Wildman–Crippen MR) is 333 cm³/mol. The smallest absolute Gasteiger partial charge is 0.305 e. The highest BCUT2D eigenvalue weighted by molar-refractivity contribution is 5.76. The maximum atomic E-state index is 12.5. The summed E-state index contributed by atoms with van der Waals surface area (Å²) in [4.78, 5) is 24.5. The van der Waals surface area contributed by atoms with Gasteiger partial charge in [-0.1, -0.05) is 353 Å². The summed E-state index contributed by atoms with van der Waals surface area (Å²) >= 11 is 0. The quantitative estimate of drug-likeness (QED) is 0.0320. The molecule has 0 aliphatic rings. The van der Waals surface area contributed by atoms with Crippen molar-refractivity contribution >= 4 is 11.9 Å². The lowest BCUT2D eigenvalue weighted by atomic mass is 10.0. The molecule has 0 aromatic heterocycles. The van der Waals surface area contributed by atoms with Crippen molar-refractivity contribution in [1.82, 2.24) is 5.32 Å². The van der Waals surface area contributed by atoms with E-state index in [1.165, 1.54) is 321 Å². The second kappa shape index (κ2) is 66.1. The molecule has 2 unspecified atom stereocenters. The minimum Gasteiger partial charge on any atom is -0.466 e. The molecule has 0 aromatic carbocycles. The fraction of sp³-hybridized carbons (Fsp3) is 0.943. The van der Waals surface area contributed by atoms with Gasteiger partial charge < -0.3 is 20.3 Å². The molecular formula is C70H137NO5. The summed E-state index contributed by atoms with van der Waals surface area (Å²) in [6.07, 6.45) is 81.2. The Bertz CT molecular complexity index is 1140. The van der Waals surface area contributed by atoms with E-state index in [1.807, 2.05) is 0 Å². The number of hydrogen-bond acceptors (Lipinski definition) is 5. The Hall–Kier alpha value is -1.40. The van der Waals surface area contributed by atoms with E-state index in [-0.39, 0.29) is 18.5 Å². The van der Waals surface area contributed by atoms with E-state index in [1.54, 1.807) is 0 Å². The maximum Gasteiger partial charge on any atom is 0.305 e. The minimum absolute atomic E-state index is 0.00916. The number of rotatable bonds is 66. The van der Waals surface area contributed by atoms with Crippen LogP contribution in [0.1, 0.15) is 399 Å². The molecule has 0 aromatic rings. The van der Waals surface area contributed by atoms with Gasteiger partial charge in [0.2, 0.25) is 5.91 Å². The summed E-state index contributed by atoms with van der Waals surface area (Å²) < 4.78 is 5.47. The van der Waals surface area contributed by atoms with Crippen LogP contribution in [-0.2, 0) is 14.3 Å². The Morgan fingerprint density at radius 2 is 0.632 bits per heavy atom. The first-order valence-corrected chi connectivity index (χ1v) is 34.9. The van der Waals surface area contributed by atoms with Crippen molar-refractivity contribution in [2.45, 2.75) is 411 Å². The maximum absolute atomic E-state index is 12.5. The first-order chi connectivity index (χ1) is 37.5. The van der Waals surface area contributed by atoms with Crippen molar-refractivity contribution in [2.24, 2.45) is 0 Å². The van der Waals surface area contributed by atoms with E-state index >= 15 is 0 Å². The van der Waals surface area contributed by atoms with Crippen LogP contribution < -0.4 is 5.32 Å². The average molecular weight is 1070 g/mol. The van der Waals surface area contributed by atoms with Crippen molar-refractivity contribution in [3.05, 3.63) is 12.2 Å². The lowest BCUT2D eigenvalue weighted by Gasteiger charge is -2.22. The number of amides is 1. The number of esters is 1.